The Morgan fingerprint density at radius 1 is 1.47 bits per heavy atom. The molecule has 88 valence electrons. The third-order valence-electron chi connectivity index (χ3n) is 3.73. The third kappa shape index (κ3) is 1.32. The lowest BCUT2D eigenvalue weighted by atomic mass is 9.74. The van der Waals surface area contributed by atoms with E-state index in [-0.39, 0.29) is 5.91 Å². The molecule has 0 bridgehead atoms. The molecule has 2 N–H and O–H groups in total. The zero-order valence-corrected chi connectivity index (χ0v) is 9.14. The number of imide groups is 1. The van der Waals surface area contributed by atoms with Crippen molar-refractivity contribution in [1.82, 2.24) is 10.3 Å². The van der Waals surface area contributed by atoms with Crippen LogP contribution in [0.15, 0.2) is 18.5 Å². The molecule has 5 heteroatoms. The Morgan fingerprint density at radius 3 is 3.00 bits per heavy atom. The quantitative estimate of drug-likeness (QED) is 0.623. The molecule has 2 heterocycles. The van der Waals surface area contributed by atoms with E-state index in [9.17, 15) is 14.7 Å². The van der Waals surface area contributed by atoms with Gasteiger partial charge in [0.15, 0.2) is 0 Å². The predicted molar refractivity (Wildman–Crippen MR) is 58.2 cm³/mol. The topological polar surface area (TPSA) is 79.3 Å². The summed E-state index contributed by atoms with van der Waals surface area (Å²) >= 11 is 0. The molecular formula is C12H12N2O3. The molecule has 0 aromatic carbocycles. The van der Waals surface area contributed by atoms with E-state index >= 15 is 0 Å². The van der Waals surface area contributed by atoms with Crippen molar-refractivity contribution in [3.8, 4) is 0 Å². The molecule has 1 aromatic rings. The second-order valence-electron chi connectivity index (χ2n) is 4.68. The second kappa shape index (κ2) is 3.37. The van der Waals surface area contributed by atoms with Crippen molar-refractivity contribution in [3.05, 3.63) is 29.6 Å². The van der Waals surface area contributed by atoms with Gasteiger partial charge in [-0.05, 0) is 30.9 Å². The highest BCUT2D eigenvalue weighted by molar-refractivity contribution is 6.13. The summed E-state index contributed by atoms with van der Waals surface area (Å²) in [4.78, 5) is 27.7. The number of hydrogen-bond donors (Lipinski definition) is 2. The highest BCUT2D eigenvalue weighted by atomic mass is 16.3. The zero-order chi connectivity index (χ0) is 12.0. The Bertz CT molecular complexity index is 514. The predicted octanol–water partition coefficient (Wildman–Crippen LogP) is 0.134. The maximum Gasteiger partial charge on any atom is 0.259 e. The van der Waals surface area contributed by atoms with Crippen LogP contribution < -0.4 is 5.32 Å². The second-order valence-corrected chi connectivity index (χ2v) is 4.68. The molecule has 1 aliphatic heterocycles. The van der Waals surface area contributed by atoms with Crippen molar-refractivity contribution >= 4 is 11.8 Å². The lowest BCUT2D eigenvalue weighted by molar-refractivity contribution is -0.126. The summed E-state index contributed by atoms with van der Waals surface area (Å²) in [6.45, 7) is 0. The molecule has 2 aliphatic rings. The minimum absolute atomic E-state index is 0.294. The monoisotopic (exact) mass is 232 g/mol. The van der Waals surface area contributed by atoms with Gasteiger partial charge in [0.05, 0.1) is 17.1 Å². The number of amides is 2. The Morgan fingerprint density at radius 2 is 2.29 bits per heavy atom. The number of aliphatic hydroxyl groups is 1. The Labute approximate surface area is 97.9 Å². The number of rotatable bonds is 0. The lowest BCUT2D eigenvalue weighted by Crippen LogP contribution is -2.51. The van der Waals surface area contributed by atoms with Crippen LogP contribution in [0.5, 0.6) is 0 Å². The van der Waals surface area contributed by atoms with E-state index in [2.05, 4.69) is 10.3 Å². The van der Waals surface area contributed by atoms with Crippen molar-refractivity contribution in [1.29, 1.82) is 0 Å². The van der Waals surface area contributed by atoms with Crippen LogP contribution in [0.1, 0.15) is 35.2 Å². The highest BCUT2D eigenvalue weighted by Crippen LogP contribution is 2.44. The fourth-order valence-electron chi connectivity index (χ4n) is 2.88. The van der Waals surface area contributed by atoms with Crippen LogP contribution in [0.25, 0.3) is 0 Å². The molecule has 3 rings (SSSR count). The maximum atomic E-state index is 12.1. The number of nitrogens with zero attached hydrogens (tertiary/aromatic N) is 1. The number of carbonyl (C=O) groups excluding carboxylic acids is 2. The van der Waals surface area contributed by atoms with Crippen molar-refractivity contribution in [2.24, 2.45) is 0 Å². The largest absolute Gasteiger partial charge is 0.393 e. The normalized spacial score (nSPS) is 31.5. The van der Waals surface area contributed by atoms with Crippen molar-refractivity contribution in [3.63, 3.8) is 0 Å². The molecule has 1 aliphatic carbocycles. The SMILES string of the molecule is O=C1NC(=O)[C@@]2(CCC(O)C2)c2ccncc21. The number of fused-ring (bicyclic) bond motifs is 2. The standard InChI is InChI=1S/C12H12N2O3/c15-7-1-3-12(5-7)9-2-4-13-6-8(9)10(16)14-11(12)17/h2,4,6-7,15H,1,3,5H2,(H,14,16,17)/t7?,12-/m1/s1. The van der Waals surface area contributed by atoms with Gasteiger partial charge in [-0.3, -0.25) is 19.9 Å². The molecule has 0 saturated heterocycles. The van der Waals surface area contributed by atoms with Gasteiger partial charge in [0.2, 0.25) is 5.91 Å². The van der Waals surface area contributed by atoms with Gasteiger partial charge >= 0.3 is 0 Å². The Hall–Kier alpha value is -1.75. The first-order chi connectivity index (χ1) is 8.13. The minimum atomic E-state index is -0.744. The van der Waals surface area contributed by atoms with Crippen LogP contribution in [0.2, 0.25) is 0 Å². The van der Waals surface area contributed by atoms with E-state index in [4.69, 9.17) is 0 Å². The van der Waals surface area contributed by atoms with Gasteiger partial charge in [-0.15, -0.1) is 0 Å². The summed E-state index contributed by atoms with van der Waals surface area (Å²) in [6, 6.07) is 1.71. The van der Waals surface area contributed by atoms with E-state index in [1.807, 2.05) is 0 Å². The summed E-state index contributed by atoms with van der Waals surface area (Å²) in [7, 11) is 0. The molecule has 1 saturated carbocycles. The average molecular weight is 232 g/mol. The summed E-state index contributed by atoms with van der Waals surface area (Å²) < 4.78 is 0. The van der Waals surface area contributed by atoms with Crippen LogP contribution >= 0.6 is 0 Å². The first-order valence-electron chi connectivity index (χ1n) is 5.62. The van der Waals surface area contributed by atoms with Crippen molar-refractivity contribution in [2.45, 2.75) is 30.8 Å². The van der Waals surface area contributed by atoms with Gasteiger partial charge in [-0.2, -0.15) is 0 Å². The van der Waals surface area contributed by atoms with Gasteiger partial charge in [0, 0.05) is 12.4 Å². The first kappa shape index (κ1) is 10.4. The molecule has 1 spiro atoms. The van der Waals surface area contributed by atoms with Crippen LogP contribution in [0.3, 0.4) is 0 Å². The molecule has 2 atom stereocenters. The lowest BCUT2D eigenvalue weighted by Gasteiger charge is -2.33. The maximum absolute atomic E-state index is 12.1. The highest BCUT2D eigenvalue weighted by Gasteiger charge is 2.50. The fourth-order valence-corrected chi connectivity index (χ4v) is 2.88. The van der Waals surface area contributed by atoms with Crippen LogP contribution in [0.4, 0.5) is 0 Å². The summed E-state index contributed by atoms with van der Waals surface area (Å²) in [5, 5.41) is 12.0. The zero-order valence-electron chi connectivity index (χ0n) is 9.14. The number of nitrogens with one attached hydrogen (secondary N) is 1. The smallest absolute Gasteiger partial charge is 0.259 e. The van der Waals surface area contributed by atoms with Gasteiger partial charge < -0.3 is 5.11 Å². The minimum Gasteiger partial charge on any atom is -0.393 e. The molecule has 0 radical (unpaired) electrons. The Kier molecular flexibility index (Phi) is 2.06. The van der Waals surface area contributed by atoms with Crippen LogP contribution in [0, 0.1) is 0 Å². The molecule has 1 fully saturated rings. The van der Waals surface area contributed by atoms with E-state index in [0.29, 0.717) is 30.4 Å². The number of aromatic nitrogens is 1. The van der Waals surface area contributed by atoms with Gasteiger partial charge in [-0.1, -0.05) is 0 Å². The molecule has 5 nitrogen and oxygen atoms in total. The molecule has 2 amide bonds. The van der Waals surface area contributed by atoms with Gasteiger partial charge in [-0.25, -0.2) is 0 Å². The van der Waals surface area contributed by atoms with E-state index in [0.717, 1.165) is 0 Å². The Balaban J connectivity index is 2.19. The summed E-state index contributed by atoms with van der Waals surface area (Å²) in [5.74, 6) is -0.692. The van der Waals surface area contributed by atoms with Gasteiger partial charge in [0.1, 0.15) is 0 Å². The number of pyridine rings is 1. The van der Waals surface area contributed by atoms with Crippen molar-refractivity contribution in [2.75, 3.05) is 0 Å². The van der Waals surface area contributed by atoms with Gasteiger partial charge in [0.25, 0.3) is 5.91 Å². The summed E-state index contributed by atoms with van der Waals surface area (Å²) in [5.41, 5.74) is 0.407. The number of aliphatic hydroxyl groups excluding tert-OH is 1. The molecular weight excluding hydrogens is 220 g/mol. The fraction of sp³-hybridized carbons (Fsp3) is 0.417. The van der Waals surface area contributed by atoms with E-state index < -0.39 is 17.4 Å². The van der Waals surface area contributed by atoms with Crippen LogP contribution in [-0.2, 0) is 10.2 Å². The third-order valence-corrected chi connectivity index (χ3v) is 3.73. The molecule has 1 unspecified atom stereocenters. The van der Waals surface area contributed by atoms with E-state index in [1.54, 1.807) is 12.3 Å². The average Bonchev–Trinajstić information content (AvgIpc) is 2.71. The summed E-state index contributed by atoms with van der Waals surface area (Å²) in [6.07, 6.45) is 4.12. The van der Waals surface area contributed by atoms with E-state index in [1.165, 1.54) is 6.20 Å². The van der Waals surface area contributed by atoms with Crippen LogP contribution in [-0.4, -0.2) is 28.0 Å². The van der Waals surface area contributed by atoms with Crippen molar-refractivity contribution < 1.29 is 14.7 Å². The molecule has 1 aromatic heterocycles. The molecule has 17 heavy (non-hydrogen) atoms. The number of carbonyl (C=O) groups is 2. The first-order valence-corrected chi connectivity index (χ1v) is 5.62. The number of hydrogen-bond acceptors (Lipinski definition) is 4.